The van der Waals surface area contributed by atoms with E-state index in [9.17, 15) is 14.0 Å². The molecule has 0 aliphatic carbocycles. The molecule has 1 fully saturated rings. The van der Waals surface area contributed by atoms with Crippen LogP contribution in [0.25, 0.3) is 0 Å². The molecule has 74 valence electrons. The van der Waals surface area contributed by atoms with Gasteiger partial charge in [0, 0.05) is 6.54 Å². The fourth-order valence-corrected chi connectivity index (χ4v) is 1.22. The van der Waals surface area contributed by atoms with Gasteiger partial charge in [-0.05, 0) is 5.92 Å². The summed E-state index contributed by atoms with van der Waals surface area (Å²) >= 11 is 0. The van der Waals surface area contributed by atoms with Gasteiger partial charge in [-0.1, -0.05) is 13.8 Å². The van der Waals surface area contributed by atoms with Gasteiger partial charge in [0.25, 0.3) is 5.91 Å². The van der Waals surface area contributed by atoms with Crippen LogP contribution < -0.4 is 5.32 Å². The van der Waals surface area contributed by atoms with Gasteiger partial charge in [0.1, 0.15) is 0 Å². The zero-order valence-corrected chi connectivity index (χ0v) is 7.71. The molecule has 1 unspecified atom stereocenters. The summed E-state index contributed by atoms with van der Waals surface area (Å²) in [6.07, 6.45) is -1.59. The van der Waals surface area contributed by atoms with Gasteiger partial charge in [-0.25, -0.2) is 9.18 Å². The number of carbonyl (C=O) groups excluding carboxylic acids is 2. The summed E-state index contributed by atoms with van der Waals surface area (Å²) in [5.74, 6) is -0.559. The number of imide groups is 1. The van der Waals surface area contributed by atoms with E-state index < -0.39 is 18.1 Å². The van der Waals surface area contributed by atoms with Crippen molar-refractivity contribution in [3.63, 3.8) is 0 Å². The van der Waals surface area contributed by atoms with Gasteiger partial charge in [-0.15, -0.1) is 0 Å². The zero-order valence-electron chi connectivity index (χ0n) is 7.71. The first-order valence-corrected chi connectivity index (χ1v) is 4.24. The highest BCUT2D eigenvalue weighted by molar-refractivity contribution is 5.99. The number of urea groups is 1. The van der Waals surface area contributed by atoms with E-state index >= 15 is 0 Å². The van der Waals surface area contributed by atoms with Crippen LogP contribution in [0.15, 0.2) is 0 Å². The van der Waals surface area contributed by atoms with Crippen LogP contribution in [0.4, 0.5) is 9.18 Å². The van der Waals surface area contributed by atoms with Crippen LogP contribution in [0, 0.1) is 5.92 Å². The number of amides is 3. The number of carbonyl (C=O) groups is 2. The molecule has 1 atom stereocenters. The fraction of sp³-hybridized carbons (Fsp3) is 0.750. The molecule has 13 heavy (non-hydrogen) atoms. The second kappa shape index (κ2) is 3.72. The van der Waals surface area contributed by atoms with Crippen LogP contribution in [0.5, 0.6) is 0 Å². The van der Waals surface area contributed by atoms with Crippen molar-refractivity contribution in [2.45, 2.75) is 20.0 Å². The molecule has 0 aromatic carbocycles. The van der Waals surface area contributed by atoms with Crippen LogP contribution in [0.3, 0.4) is 0 Å². The third-order valence-corrected chi connectivity index (χ3v) is 1.77. The maximum absolute atomic E-state index is 12.8. The number of nitrogens with zero attached hydrogens (tertiary/aromatic N) is 1. The predicted molar refractivity (Wildman–Crippen MR) is 44.8 cm³/mol. The molecule has 5 heteroatoms. The molecule has 0 spiro atoms. The lowest BCUT2D eigenvalue weighted by Gasteiger charge is -2.29. The first-order valence-electron chi connectivity index (χ1n) is 4.24. The Hall–Kier alpha value is -1.13. The molecule has 3 amide bonds. The molecule has 1 rings (SSSR count). The largest absolute Gasteiger partial charge is 0.324 e. The van der Waals surface area contributed by atoms with Gasteiger partial charge in [0.05, 0.1) is 6.54 Å². The fourth-order valence-electron chi connectivity index (χ4n) is 1.22. The van der Waals surface area contributed by atoms with Crippen molar-refractivity contribution < 1.29 is 14.0 Å². The standard InChI is InChI=1S/C8H13FN2O2/c1-5(2)3-11-4-6(9)7(12)10-8(11)13/h5-6H,3-4H2,1-2H3,(H,10,12,13). The summed E-state index contributed by atoms with van der Waals surface area (Å²) in [4.78, 5) is 23.1. The Morgan fingerprint density at radius 2 is 2.23 bits per heavy atom. The normalized spacial score (nSPS) is 23.7. The third kappa shape index (κ3) is 2.40. The molecule has 1 aliphatic heterocycles. The number of nitrogens with one attached hydrogen (secondary N) is 1. The number of halogens is 1. The van der Waals surface area contributed by atoms with E-state index in [4.69, 9.17) is 0 Å². The Morgan fingerprint density at radius 3 is 2.77 bits per heavy atom. The molecule has 0 saturated carbocycles. The van der Waals surface area contributed by atoms with Gasteiger partial charge in [-0.2, -0.15) is 0 Å². The number of hydrogen-bond donors (Lipinski definition) is 1. The molecule has 1 N–H and O–H groups in total. The SMILES string of the molecule is CC(C)CN1CC(F)C(=O)NC1=O. The van der Waals surface area contributed by atoms with Crippen molar-refractivity contribution in [2.24, 2.45) is 5.92 Å². The van der Waals surface area contributed by atoms with Crippen molar-refractivity contribution >= 4 is 11.9 Å². The zero-order chi connectivity index (χ0) is 10.0. The second-order valence-electron chi connectivity index (χ2n) is 3.56. The number of hydrogen-bond acceptors (Lipinski definition) is 2. The van der Waals surface area contributed by atoms with Crippen molar-refractivity contribution in [2.75, 3.05) is 13.1 Å². The van der Waals surface area contributed by atoms with E-state index in [0.29, 0.717) is 6.54 Å². The van der Waals surface area contributed by atoms with Gasteiger partial charge >= 0.3 is 6.03 Å². The van der Waals surface area contributed by atoms with Crippen molar-refractivity contribution in [1.29, 1.82) is 0 Å². The van der Waals surface area contributed by atoms with Crippen LogP contribution in [-0.4, -0.2) is 36.1 Å². The van der Waals surface area contributed by atoms with Crippen LogP contribution >= 0.6 is 0 Å². The van der Waals surface area contributed by atoms with Crippen molar-refractivity contribution in [3.05, 3.63) is 0 Å². The van der Waals surface area contributed by atoms with E-state index in [1.54, 1.807) is 0 Å². The highest BCUT2D eigenvalue weighted by Crippen LogP contribution is 2.07. The molecule has 0 aromatic heterocycles. The molecular weight excluding hydrogens is 175 g/mol. The van der Waals surface area contributed by atoms with E-state index in [2.05, 4.69) is 0 Å². The molecule has 0 aromatic rings. The Labute approximate surface area is 76.1 Å². The first kappa shape index (κ1) is 9.95. The molecule has 4 nitrogen and oxygen atoms in total. The number of alkyl halides is 1. The average Bonchev–Trinajstić information content (AvgIpc) is 1.99. The van der Waals surface area contributed by atoms with Crippen LogP contribution in [0.1, 0.15) is 13.8 Å². The minimum absolute atomic E-state index is 0.122. The topological polar surface area (TPSA) is 49.4 Å². The molecular formula is C8H13FN2O2. The molecule has 0 radical (unpaired) electrons. The smallest absolute Gasteiger partial charge is 0.321 e. The van der Waals surface area contributed by atoms with Gasteiger partial charge < -0.3 is 4.90 Å². The van der Waals surface area contributed by atoms with Crippen molar-refractivity contribution in [3.8, 4) is 0 Å². The Bertz CT molecular complexity index is 230. The van der Waals surface area contributed by atoms with Gasteiger partial charge in [0.2, 0.25) is 0 Å². The lowest BCUT2D eigenvalue weighted by molar-refractivity contribution is -0.127. The summed E-state index contributed by atoms with van der Waals surface area (Å²) in [5, 5.41) is 1.96. The minimum Gasteiger partial charge on any atom is -0.321 e. The summed E-state index contributed by atoms with van der Waals surface area (Å²) in [6, 6.07) is -0.493. The maximum atomic E-state index is 12.8. The Kier molecular flexibility index (Phi) is 2.85. The molecule has 1 aliphatic rings. The summed E-state index contributed by atoms with van der Waals surface area (Å²) in [6.45, 7) is 4.20. The molecule has 1 heterocycles. The summed E-state index contributed by atoms with van der Waals surface area (Å²) in [5.41, 5.74) is 0. The molecule has 1 saturated heterocycles. The number of rotatable bonds is 2. The van der Waals surface area contributed by atoms with Crippen LogP contribution in [0.2, 0.25) is 0 Å². The predicted octanol–water partition coefficient (Wildman–Crippen LogP) is 0.532. The lowest BCUT2D eigenvalue weighted by atomic mass is 10.2. The van der Waals surface area contributed by atoms with Gasteiger partial charge in [0.15, 0.2) is 6.17 Å². The van der Waals surface area contributed by atoms with E-state index in [1.807, 2.05) is 19.2 Å². The second-order valence-corrected chi connectivity index (χ2v) is 3.56. The summed E-state index contributed by atoms with van der Waals surface area (Å²) < 4.78 is 12.8. The van der Waals surface area contributed by atoms with E-state index in [0.717, 1.165) is 0 Å². The Balaban J connectivity index is 2.56. The Morgan fingerprint density at radius 1 is 1.62 bits per heavy atom. The first-order chi connectivity index (χ1) is 6.00. The van der Waals surface area contributed by atoms with E-state index in [-0.39, 0.29) is 12.5 Å². The minimum atomic E-state index is -1.59. The highest BCUT2D eigenvalue weighted by Gasteiger charge is 2.31. The monoisotopic (exact) mass is 188 g/mol. The van der Waals surface area contributed by atoms with Gasteiger partial charge in [-0.3, -0.25) is 10.1 Å². The molecule has 0 bridgehead atoms. The lowest BCUT2D eigenvalue weighted by Crippen LogP contribution is -2.56. The highest BCUT2D eigenvalue weighted by atomic mass is 19.1. The third-order valence-electron chi connectivity index (χ3n) is 1.77. The average molecular weight is 188 g/mol. The maximum Gasteiger partial charge on any atom is 0.324 e. The quantitative estimate of drug-likeness (QED) is 0.687. The van der Waals surface area contributed by atoms with Crippen molar-refractivity contribution in [1.82, 2.24) is 10.2 Å². The van der Waals surface area contributed by atoms with Crippen LogP contribution in [-0.2, 0) is 4.79 Å². The van der Waals surface area contributed by atoms with E-state index in [1.165, 1.54) is 4.90 Å². The summed E-state index contributed by atoms with van der Waals surface area (Å²) in [7, 11) is 0.